The highest BCUT2D eigenvalue weighted by Crippen LogP contribution is 2.24. The summed E-state index contributed by atoms with van der Waals surface area (Å²) in [6, 6.07) is 4.20. The number of benzene rings is 1. The van der Waals surface area contributed by atoms with E-state index in [4.69, 9.17) is 23.2 Å². The summed E-state index contributed by atoms with van der Waals surface area (Å²) in [7, 11) is 0. The van der Waals surface area contributed by atoms with Crippen LogP contribution in [-0.4, -0.2) is 52.4 Å². The Bertz CT molecular complexity index is 798. The Morgan fingerprint density at radius 2 is 1.93 bits per heavy atom. The summed E-state index contributed by atoms with van der Waals surface area (Å²) in [5, 5.41) is 6.70. The Kier molecular flexibility index (Phi) is 6.47. The quantitative estimate of drug-likeness (QED) is 0.718. The first-order chi connectivity index (χ1) is 13.0. The number of likely N-dealkylation sites (tertiary alicyclic amines) is 1. The van der Waals surface area contributed by atoms with Gasteiger partial charge in [-0.2, -0.15) is 0 Å². The number of carbonyl (C=O) groups is 2. The fourth-order valence-corrected chi connectivity index (χ4v) is 3.54. The summed E-state index contributed by atoms with van der Waals surface area (Å²) in [6.45, 7) is 1.45. The molecule has 2 N–H and O–H groups in total. The van der Waals surface area contributed by atoms with Gasteiger partial charge in [0.2, 0.25) is 5.91 Å². The molecule has 0 saturated carbocycles. The smallest absolute Gasteiger partial charge is 0.254 e. The topological polar surface area (TPSA) is 87.2 Å². The Morgan fingerprint density at radius 1 is 1.15 bits per heavy atom. The lowest BCUT2D eigenvalue weighted by atomic mass is 10.1. The van der Waals surface area contributed by atoms with E-state index in [0.717, 1.165) is 6.42 Å². The van der Waals surface area contributed by atoms with Crippen LogP contribution in [0.2, 0.25) is 10.0 Å². The van der Waals surface area contributed by atoms with Crippen LogP contribution < -0.4 is 10.6 Å². The zero-order chi connectivity index (χ0) is 19.2. The van der Waals surface area contributed by atoms with Gasteiger partial charge in [0.25, 0.3) is 5.91 Å². The number of nitrogens with zero attached hydrogens (tertiary/aromatic N) is 3. The molecule has 1 saturated heterocycles. The SMILES string of the molecule is O=C(NCCNc1cnccn1)[C@@H]1CCCN1C(=O)c1cc(Cl)cc(Cl)c1. The molecule has 0 bridgehead atoms. The maximum Gasteiger partial charge on any atom is 0.254 e. The average molecular weight is 408 g/mol. The van der Waals surface area contributed by atoms with E-state index in [1.165, 1.54) is 0 Å². The number of hydrogen-bond acceptors (Lipinski definition) is 5. The van der Waals surface area contributed by atoms with Crippen molar-refractivity contribution in [2.45, 2.75) is 18.9 Å². The van der Waals surface area contributed by atoms with Gasteiger partial charge < -0.3 is 15.5 Å². The highest BCUT2D eigenvalue weighted by Gasteiger charge is 2.34. The highest BCUT2D eigenvalue weighted by atomic mass is 35.5. The van der Waals surface area contributed by atoms with Crippen molar-refractivity contribution >= 4 is 40.8 Å². The Balaban J connectivity index is 1.55. The maximum atomic E-state index is 12.8. The molecular weight excluding hydrogens is 389 g/mol. The van der Waals surface area contributed by atoms with Crippen molar-refractivity contribution in [2.24, 2.45) is 0 Å². The summed E-state index contributed by atoms with van der Waals surface area (Å²) < 4.78 is 0. The van der Waals surface area contributed by atoms with E-state index < -0.39 is 6.04 Å². The summed E-state index contributed by atoms with van der Waals surface area (Å²) in [5.74, 6) is 0.229. The minimum Gasteiger partial charge on any atom is -0.367 e. The first-order valence-electron chi connectivity index (χ1n) is 8.59. The van der Waals surface area contributed by atoms with Crippen LogP contribution in [0.15, 0.2) is 36.8 Å². The molecule has 2 heterocycles. The third-order valence-electron chi connectivity index (χ3n) is 4.22. The highest BCUT2D eigenvalue weighted by molar-refractivity contribution is 6.35. The first kappa shape index (κ1) is 19.4. The molecule has 1 atom stereocenters. The summed E-state index contributed by atoms with van der Waals surface area (Å²) in [6.07, 6.45) is 6.19. The van der Waals surface area contributed by atoms with Crippen LogP contribution in [0, 0.1) is 0 Å². The van der Waals surface area contributed by atoms with Gasteiger partial charge in [0, 0.05) is 47.6 Å². The molecule has 7 nitrogen and oxygen atoms in total. The molecule has 1 aromatic heterocycles. The van der Waals surface area contributed by atoms with E-state index in [2.05, 4.69) is 20.6 Å². The van der Waals surface area contributed by atoms with E-state index in [9.17, 15) is 9.59 Å². The van der Waals surface area contributed by atoms with E-state index in [1.807, 2.05) is 0 Å². The number of nitrogens with one attached hydrogen (secondary N) is 2. The third kappa shape index (κ3) is 5.08. The number of anilines is 1. The zero-order valence-corrected chi connectivity index (χ0v) is 16.0. The Labute approximate surface area is 167 Å². The maximum absolute atomic E-state index is 12.8. The van der Waals surface area contributed by atoms with Crippen molar-refractivity contribution in [3.05, 3.63) is 52.4 Å². The largest absolute Gasteiger partial charge is 0.367 e. The van der Waals surface area contributed by atoms with Crippen molar-refractivity contribution in [1.82, 2.24) is 20.2 Å². The second kappa shape index (κ2) is 9.01. The molecule has 2 amide bonds. The fraction of sp³-hybridized carbons (Fsp3) is 0.333. The minimum atomic E-state index is -0.494. The number of rotatable bonds is 6. The average Bonchev–Trinajstić information content (AvgIpc) is 3.14. The normalized spacial score (nSPS) is 16.2. The third-order valence-corrected chi connectivity index (χ3v) is 4.66. The zero-order valence-electron chi connectivity index (χ0n) is 14.5. The van der Waals surface area contributed by atoms with Gasteiger partial charge >= 0.3 is 0 Å². The first-order valence-corrected chi connectivity index (χ1v) is 9.35. The van der Waals surface area contributed by atoms with Gasteiger partial charge in [-0.1, -0.05) is 23.2 Å². The number of hydrogen-bond donors (Lipinski definition) is 2. The standard InChI is InChI=1S/C18H19Cl2N5O2/c19-13-8-12(9-14(20)10-13)18(27)25-7-1-2-15(25)17(26)24-6-5-23-16-11-21-3-4-22-16/h3-4,8-11,15H,1-2,5-7H2,(H,22,23)(H,24,26)/t15-/m0/s1. The molecule has 0 radical (unpaired) electrons. The number of amides is 2. The van der Waals surface area contributed by atoms with Crippen LogP contribution >= 0.6 is 23.2 Å². The molecule has 2 aromatic rings. The lowest BCUT2D eigenvalue weighted by Gasteiger charge is -2.24. The lowest BCUT2D eigenvalue weighted by Crippen LogP contribution is -2.46. The van der Waals surface area contributed by atoms with Gasteiger partial charge in [-0.05, 0) is 31.0 Å². The van der Waals surface area contributed by atoms with E-state index in [0.29, 0.717) is 47.5 Å². The monoisotopic (exact) mass is 407 g/mol. The van der Waals surface area contributed by atoms with Gasteiger partial charge in [0.1, 0.15) is 11.9 Å². The van der Waals surface area contributed by atoms with E-state index >= 15 is 0 Å². The minimum absolute atomic E-state index is 0.171. The number of carbonyl (C=O) groups excluding carboxylic acids is 2. The molecule has 1 aliphatic heterocycles. The van der Waals surface area contributed by atoms with E-state index in [1.54, 1.807) is 41.7 Å². The molecule has 1 aliphatic rings. The van der Waals surface area contributed by atoms with Gasteiger partial charge in [0.15, 0.2) is 0 Å². The lowest BCUT2D eigenvalue weighted by molar-refractivity contribution is -0.124. The van der Waals surface area contributed by atoms with Crippen LogP contribution in [0.5, 0.6) is 0 Å². The molecule has 27 heavy (non-hydrogen) atoms. The van der Waals surface area contributed by atoms with Crippen LogP contribution in [0.4, 0.5) is 5.82 Å². The molecular formula is C18H19Cl2N5O2. The van der Waals surface area contributed by atoms with Crippen molar-refractivity contribution in [1.29, 1.82) is 0 Å². The summed E-state index contributed by atoms with van der Waals surface area (Å²) >= 11 is 12.0. The van der Waals surface area contributed by atoms with Crippen molar-refractivity contribution in [3.8, 4) is 0 Å². The molecule has 3 rings (SSSR count). The molecule has 0 aliphatic carbocycles. The second-order valence-electron chi connectivity index (χ2n) is 6.12. The molecule has 1 aromatic carbocycles. The van der Waals surface area contributed by atoms with E-state index in [-0.39, 0.29) is 11.8 Å². The van der Waals surface area contributed by atoms with Gasteiger partial charge in [0.05, 0.1) is 6.20 Å². The fourth-order valence-electron chi connectivity index (χ4n) is 3.01. The Hall–Kier alpha value is -2.38. The molecule has 1 fully saturated rings. The van der Waals surface area contributed by atoms with Crippen LogP contribution in [0.3, 0.4) is 0 Å². The predicted octanol–water partition coefficient (Wildman–Crippen LogP) is 2.62. The van der Waals surface area contributed by atoms with Gasteiger partial charge in [-0.25, -0.2) is 4.98 Å². The molecule has 0 spiro atoms. The van der Waals surface area contributed by atoms with Crippen molar-refractivity contribution in [3.63, 3.8) is 0 Å². The number of halogens is 2. The summed E-state index contributed by atoms with van der Waals surface area (Å²) in [5.41, 5.74) is 0.386. The van der Waals surface area contributed by atoms with Crippen LogP contribution in [0.25, 0.3) is 0 Å². The van der Waals surface area contributed by atoms with Crippen molar-refractivity contribution < 1.29 is 9.59 Å². The van der Waals surface area contributed by atoms with Gasteiger partial charge in [-0.15, -0.1) is 0 Å². The molecule has 0 unspecified atom stereocenters. The molecule has 9 heteroatoms. The number of aromatic nitrogens is 2. The predicted molar refractivity (Wildman–Crippen MR) is 104 cm³/mol. The van der Waals surface area contributed by atoms with Crippen LogP contribution in [-0.2, 0) is 4.79 Å². The van der Waals surface area contributed by atoms with Crippen LogP contribution in [0.1, 0.15) is 23.2 Å². The van der Waals surface area contributed by atoms with Crippen molar-refractivity contribution in [2.75, 3.05) is 25.0 Å². The summed E-state index contributed by atoms with van der Waals surface area (Å²) in [4.78, 5) is 34.9. The van der Waals surface area contributed by atoms with Gasteiger partial charge in [-0.3, -0.25) is 14.6 Å². The molecule has 142 valence electrons. The Morgan fingerprint density at radius 3 is 2.63 bits per heavy atom. The second-order valence-corrected chi connectivity index (χ2v) is 7.00.